The molecule has 11 nitrogen and oxygen atoms in total. The normalized spacial score (nSPS) is 31.9. The molecule has 1 aliphatic heterocycles. The lowest BCUT2D eigenvalue weighted by Gasteiger charge is -2.39. The van der Waals surface area contributed by atoms with Gasteiger partial charge in [-0.1, -0.05) is 23.0 Å². The van der Waals surface area contributed by atoms with Crippen LogP contribution >= 0.6 is 11.8 Å². The van der Waals surface area contributed by atoms with Crippen molar-refractivity contribution in [2.24, 2.45) is 5.16 Å². The van der Waals surface area contributed by atoms with E-state index in [4.69, 9.17) is 14.4 Å². The first-order chi connectivity index (χ1) is 12.0. The zero-order valence-corrected chi connectivity index (χ0v) is 16.1. The SMILES string of the molecule is C[S@@](=O)/C=C/CC/C(=N/OS(=O)(=O)O)S[C@@H]1OC(CO)[C@@H](O)[C@H](O)C1O. The van der Waals surface area contributed by atoms with Gasteiger partial charge in [0.1, 0.15) is 34.9 Å². The minimum absolute atomic E-state index is 0.0292. The van der Waals surface area contributed by atoms with Gasteiger partial charge in [0.2, 0.25) is 0 Å². The zero-order chi connectivity index (χ0) is 19.9. The van der Waals surface area contributed by atoms with Crippen molar-refractivity contribution >= 4 is 38.0 Å². The van der Waals surface area contributed by atoms with Crippen molar-refractivity contribution in [3.63, 3.8) is 0 Å². The number of hydrogen-bond acceptors (Lipinski definition) is 11. The maximum Gasteiger partial charge on any atom is 0.466 e. The van der Waals surface area contributed by atoms with E-state index >= 15 is 0 Å². The van der Waals surface area contributed by atoms with Crippen LogP contribution in [0.15, 0.2) is 16.6 Å². The van der Waals surface area contributed by atoms with Crippen LogP contribution in [0.3, 0.4) is 0 Å². The first kappa shape index (κ1) is 23.5. The third-order valence-corrected chi connectivity index (χ3v) is 5.16. The van der Waals surface area contributed by atoms with Gasteiger partial charge in [0.15, 0.2) is 0 Å². The van der Waals surface area contributed by atoms with E-state index in [1.54, 1.807) is 6.08 Å². The average molecular weight is 435 g/mol. The number of aliphatic hydroxyl groups is 4. The van der Waals surface area contributed by atoms with E-state index in [0.29, 0.717) is 11.8 Å². The number of rotatable bonds is 8. The highest BCUT2D eigenvalue weighted by Crippen LogP contribution is 2.30. The molecule has 1 saturated heterocycles. The summed E-state index contributed by atoms with van der Waals surface area (Å²) in [7, 11) is -6.03. The maximum absolute atomic E-state index is 11.0. The van der Waals surface area contributed by atoms with E-state index in [-0.39, 0.29) is 17.9 Å². The Morgan fingerprint density at radius 3 is 2.50 bits per heavy atom. The Labute approximate surface area is 157 Å². The molecule has 2 unspecified atom stereocenters. The quantitative estimate of drug-likeness (QED) is 0.127. The summed E-state index contributed by atoms with van der Waals surface area (Å²) in [5.41, 5.74) is -1.20. The van der Waals surface area contributed by atoms with Crippen molar-refractivity contribution in [3.8, 4) is 0 Å². The van der Waals surface area contributed by atoms with Crippen LogP contribution in [-0.4, -0.2) is 85.4 Å². The van der Waals surface area contributed by atoms with Crippen molar-refractivity contribution in [2.45, 2.75) is 42.7 Å². The highest BCUT2D eigenvalue weighted by molar-refractivity contribution is 8.14. The van der Waals surface area contributed by atoms with Crippen LogP contribution in [0, 0.1) is 0 Å². The van der Waals surface area contributed by atoms with E-state index in [1.807, 2.05) is 0 Å². The van der Waals surface area contributed by atoms with Crippen LogP contribution in [0.4, 0.5) is 0 Å². The topological polar surface area (TPSA) is 183 Å². The lowest BCUT2D eigenvalue weighted by atomic mass is 10.0. The summed E-state index contributed by atoms with van der Waals surface area (Å²) < 4.78 is 50.2. The Morgan fingerprint density at radius 2 is 1.96 bits per heavy atom. The lowest BCUT2D eigenvalue weighted by molar-refractivity contribution is -0.205. The molecule has 0 spiro atoms. The molecule has 0 aliphatic carbocycles. The van der Waals surface area contributed by atoms with Gasteiger partial charge in [-0.15, -0.1) is 0 Å². The van der Waals surface area contributed by atoms with Crippen LogP contribution in [0.5, 0.6) is 0 Å². The average Bonchev–Trinajstić information content (AvgIpc) is 2.55. The third-order valence-electron chi connectivity index (χ3n) is 3.15. The standard InChI is InChI=1S/C12H21NO10S3/c1-25(18)5-3-2-4-8(13-23-26(19,20)21)24-12-11(17)10(16)9(15)7(6-14)22-12/h3,5,7,9-12,14-17H,2,4,6H2,1H3,(H,19,20,21)/b5-3+,13-8-/t7?,9-,10+,11?,12+,25-/m1/s1. The number of nitrogens with zero attached hydrogens (tertiary/aromatic N) is 1. The van der Waals surface area contributed by atoms with Gasteiger partial charge >= 0.3 is 10.4 Å². The van der Waals surface area contributed by atoms with E-state index in [2.05, 4.69) is 9.44 Å². The molecule has 1 aliphatic rings. The van der Waals surface area contributed by atoms with Gasteiger partial charge in [0.05, 0.1) is 6.61 Å². The van der Waals surface area contributed by atoms with Gasteiger partial charge < -0.3 is 25.2 Å². The molecule has 1 heterocycles. The van der Waals surface area contributed by atoms with Gasteiger partial charge in [-0.25, -0.2) is 4.28 Å². The fourth-order valence-corrected chi connectivity index (χ4v) is 3.65. The molecule has 0 aromatic heterocycles. The second kappa shape index (κ2) is 10.7. The molecule has 0 radical (unpaired) electrons. The Kier molecular flexibility index (Phi) is 9.63. The fourth-order valence-electron chi connectivity index (χ4n) is 1.92. The predicted molar refractivity (Wildman–Crippen MR) is 93.9 cm³/mol. The summed E-state index contributed by atoms with van der Waals surface area (Å²) in [5, 5.41) is 43.3. The summed E-state index contributed by atoms with van der Waals surface area (Å²) in [5.74, 6) is 0. The van der Waals surface area contributed by atoms with Crippen LogP contribution in [0.25, 0.3) is 0 Å². The second-order valence-corrected chi connectivity index (χ2v) is 8.66. The molecule has 152 valence electrons. The largest absolute Gasteiger partial charge is 0.466 e. The van der Waals surface area contributed by atoms with Gasteiger partial charge in [-0.3, -0.25) is 8.76 Å². The highest BCUT2D eigenvalue weighted by atomic mass is 32.3. The summed E-state index contributed by atoms with van der Waals surface area (Å²) in [4.78, 5) is 0. The minimum Gasteiger partial charge on any atom is -0.394 e. The van der Waals surface area contributed by atoms with Crippen LogP contribution in [-0.2, 0) is 30.2 Å². The lowest BCUT2D eigenvalue weighted by Crippen LogP contribution is -2.57. The number of hydrogen-bond donors (Lipinski definition) is 5. The van der Waals surface area contributed by atoms with Crippen LogP contribution in [0.2, 0.25) is 0 Å². The van der Waals surface area contributed by atoms with Crippen molar-refractivity contribution in [2.75, 3.05) is 12.9 Å². The number of ether oxygens (including phenoxy) is 1. The second-order valence-electron chi connectivity index (χ2n) is 5.21. The van der Waals surface area contributed by atoms with E-state index < -0.39 is 57.7 Å². The van der Waals surface area contributed by atoms with Gasteiger partial charge in [0.25, 0.3) is 0 Å². The smallest absolute Gasteiger partial charge is 0.394 e. The van der Waals surface area contributed by atoms with Gasteiger partial charge in [0, 0.05) is 23.5 Å². The molecular formula is C12H21NO10S3. The number of thioether (sulfide) groups is 1. The van der Waals surface area contributed by atoms with Gasteiger partial charge in [-0.2, -0.15) is 8.42 Å². The highest BCUT2D eigenvalue weighted by Gasteiger charge is 2.44. The summed E-state index contributed by atoms with van der Waals surface area (Å²) >= 11 is 0.683. The van der Waals surface area contributed by atoms with Crippen molar-refractivity contribution in [1.82, 2.24) is 0 Å². The summed E-state index contributed by atoms with van der Waals surface area (Å²) in [6.45, 7) is -0.624. The molecule has 1 fully saturated rings. The monoisotopic (exact) mass is 435 g/mol. The van der Waals surface area contributed by atoms with Crippen molar-refractivity contribution < 1.29 is 46.6 Å². The Balaban J connectivity index is 2.87. The summed E-state index contributed by atoms with van der Waals surface area (Å²) in [6.07, 6.45) is -2.50. The predicted octanol–water partition coefficient (Wildman–Crippen LogP) is -1.68. The third kappa shape index (κ3) is 7.98. The van der Waals surface area contributed by atoms with Crippen molar-refractivity contribution in [1.29, 1.82) is 0 Å². The number of oxime groups is 1. The Bertz CT molecular complexity index is 635. The van der Waals surface area contributed by atoms with E-state index in [9.17, 15) is 27.9 Å². The number of aliphatic hydroxyl groups excluding tert-OH is 4. The minimum atomic E-state index is -4.85. The molecule has 0 aromatic rings. The van der Waals surface area contributed by atoms with E-state index in [1.165, 1.54) is 11.7 Å². The van der Waals surface area contributed by atoms with Crippen LogP contribution < -0.4 is 0 Å². The van der Waals surface area contributed by atoms with Gasteiger partial charge in [-0.05, 0) is 11.8 Å². The first-order valence-electron chi connectivity index (χ1n) is 7.24. The molecule has 0 amide bonds. The summed E-state index contributed by atoms with van der Waals surface area (Å²) in [6, 6.07) is 0. The molecule has 6 atom stereocenters. The molecule has 14 heteroatoms. The van der Waals surface area contributed by atoms with Crippen molar-refractivity contribution in [3.05, 3.63) is 11.5 Å². The molecular weight excluding hydrogens is 414 g/mol. The van der Waals surface area contributed by atoms with Crippen LogP contribution in [0.1, 0.15) is 12.8 Å². The molecule has 0 saturated carbocycles. The zero-order valence-electron chi connectivity index (χ0n) is 13.6. The molecule has 5 N–H and O–H groups in total. The molecule has 0 aromatic carbocycles. The maximum atomic E-state index is 11.0. The first-order valence-corrected chi connectivity index (χ1v) is 11.1. The Morgan fingerprint density at radius 1 is 1.31 bits per heavy atom. The Hall–Kier alpha value is -0.580. The molecule has 0 bridgehead atoms. The molecule has 26 heavy (non-hydrogen) atoms. The molecule has 1 rings (SSSR count). The van der Waals surface area contributed by atoms with E-state index in [0.717, 1.165) is 0 Å². The number of allylic oxidation sites excluding steroid dienone is 1. The fraction of sp³-hybridized carbons (Fsp3) is 0.750.